The van der Waals surface area contributed by atoms with Crippen LogP contribution in [-0.4, -0.2) is 20.9 Å². The van der Waals surface area contributed by atoms with Crippen LogP contribution in [0.3, 0.4) is 0 Å². The maximum atomic E-state index is 12.9. The number of ketones is 1. The van der Waals surface area contributed by atoms with E-state index in [0.717, 1.165) is 17.3 Å². The summed E-state index contributed by atoms with van der Waals surface area (Å²) in [5.74, 6) is 0.747. The van der Waals surface area contributed by atoms with Gasteiger partial charge in [-0.3, -0.25) is 24.6 Å². The van der Waals surface area contributed by atoms with Gasteiger partial charge in [0, 0.05) is 29.3 Å². The van der Waals surface area contributed by atoms with E-state index in [9.17, 15) is 19.7 Å². The maximum Gasteiger partial charge on any atom is 0.270 e. The van der Waals surface area contributed by atoms with Gasteiger partial charge in [-0.2, -0.15) is 0 Å². The van der Waals surface area contributed by atoms with E-state index in [4.69, 9.17) is 16.6 Å². The average molecular weight is 450 g/mol. The fraction of sp³-hybridized carbons (Fsp3) is 0.0455. The number of nitro benzene ring substituents is 1. The zero-order valence-electron chi connectivity index (χ0n) is 16.1. The number of nitrogens with zero attached hydrogens (tertiary/aromatic N) is 2. The number of hydrogen-bond donors (Lipinski definition) is 0. The molecular weight excluding hydrogens is 436 g/mol. The quantitative estimate of drug-likeness (QED) is 0.167. The van der Waals surface area contributed by atoms with Crippen molar-refractivity contribution < 1.29 is 18.9 Å². The van der Waals surface area contributed by atoms with Crippen molar-refractivity contribution in [3.63, 3.8) is 0 Å². The topological polar surface area (TPSA) is 93.7 Å². The lowest BCUT2D eigenvalue weighted by molar-refractivity contribution is -0.384. The van der Waals surface area contributed by atoms with Gasteiger partial charge in [0.2, 0.25) is 0 Å². The van der Waals surface area contributed by atoms with Crippen LogP contribution in [0.1, 0.15) is 23.0 Å². The number of rotatable bonds is 5. The van der Waals surface area contributed by atoms with Gasteiger partial charge in [-0.15, -0.1) is 0 Å². The summed E-state index contributed by atoms with van der Waals surface area (Å²) in [5.41, 5.74) is 1.82. The van der Waals surface area contributed by atoms with Gasteiger partial charge in [0.15, 0.2) is 10.1 Å². The van der Waals surface area contributed by atoms with Crippen molar-refractivity contribution in [2.75, 3.05) is 4.90 Å². The van der Waals surface area contributed by atoms with E-state index >= 15 is 0 Å². The van der Waals surface area contributed by atoms with Crippen LogP contribution in [0.4, 0.5) is 11.4 Å². The van der Waals surface area contributed by atoms with Crippen LogP contribution in [0.15, 0.2) is 70.0 Å². The van der Waals surface area contributed by atoms with Gasteiger partial charge in [-0.05, 0) is 31.2 Å². The Kier molecular flexibility index (Phi) is 5.53. The fourth-order valence-electron chi connectivity index (χ4n) is 3.00. The minimum Gasteiger partial charge on any atom is -0.457 e. The molecule has 7 nitrogen and oxygen atoms in total. The van der Waals surface area contributed by atoms with E-state index in [-0.39, 0.29) is 17.4 Å². The monoisotopic (exact) mass is 450 g/mol. The maximum absolute atomic E-state index is 12.9. The van der Waals surface area contributed by atoms with E-state index in [0.29, 0.717) is 32.0 Å². The molecule has 0 saturated carbocycles. The summed E-state index contributed by atoms with van der Waals surface area (Å²) in [6.45, 7) is 1.51. The van der Waals surface area contributed by atoms with E-state index in [1.165, 1.54) is 36.1 Å². The first-order chi connectivity index (χ1) is 14.8. The highest BCUT2D eigenvalue weighted by molar-refractivity contribution is 8.27. The van der Waals surface area contributed by atoms with Crippen molar-refractivity contribution in [1.82, 2.24) is 0 Å². The van der Waals surface area contributed by atoms with Crippen LogP contribution in [-0.2, 0) is 4.79 Å². The van der Waals surface area contributed by atoms with Gasteiger partial charge in [0.05, 0.1) is 15.5 Å². The largest absolute Gasteiger partial charge is 0.457 e. The SMILES string of the molecule is CC(=O)c1ccc(-c2ccc(/C=C3\SC(=S)N(c4ccc([N+](=O)[O-])cc4)C3=O)o2)cc1. The fourth-order valence-corrected chi connectivity index (χ4v) is 4.28. The van der Waals surface area contributed by atoms with Crippen molar-refractivity contribution in [1.29, 1.82) is 0 Å². The van der Waals surface area contributed by atoms with Gasteiger partial charge in [0.25, 0.3) is 11.6 Å². The number of Topliss-reactive ketones (excluding diaryl/α,β-unsaturated/α-hetero) is 1. The summed E-state index contributed by atoms with van der Waals surface area (Å²) in [5, 5.41) is 10.8. The van der Waals surface area contributed by atoms with Gasteiger partial charge < -0.3 is 4.42 Å². The van der Waals surface area contributed by atoms with Crippen molar-refractivity contribution in [2.24, 2.45) is 0 Å². The Morgan fingerprint density at radius 3 is 2.39 bits per heavy atom. The molecule has 2 aromatic carbocycles. The molecule has 0 bridgehead atoms. The number of thiocarbonyl (C=S) groups is 1. The molecule has 0 unspecified atom stereocenters. The molecule has 0 N–H and O–H groups in total. The lowest BCUT2D eigenvalue weighted by atomic mass is 10.1. The molecule has 1 aliphatic rings. The summed E-state index contributed by atoms with van der Waals surface area (Å²) >= 11 is 6.46. The molecule has 1 aromatic heterocycles. The van der Waals surface area contributed by atoms with Crippen LogP contribution in [0, 0.1) is 10.1 Å². The molecule has 1 amide bonds. The van der Waals surface area contributed by atoms with Crippen molar-refractivity contribution >= 4 is 57.4 Å². The molecular formula is C22H14N2O5S2. The molecule has 0 aliphatic carbocycles. The first-order valence-corrected chi connectivity index (χ1v) is 10.3. The number of hydrogen-bond acceptors (Lipinski definition) is 7. The molecule has 1 saturated heterocycles. The molecule has 9 heteroatoms. The molecule has 1 aliphatic heterocycles. The van der Waals surface area contributed by atoms with Gasteiger partial charge in [0.1, 0.15) is 11.5 Å². The average Bonchev–Trinajstić information content (AvgIpc) is 3.32. The number of non-ortho nitro benzene ring substituents is 1. The second kappa shape index (κ2) is 8.29. The van der Waals surface area contributed by atoms with Crippen LogP contribution < -0.4 is 4.90 Å². The Labute approximate surface area is 186 Å². The van der Waals surface area contributed by atoms with Gasteiger partial charge >= 0.3 is 0 Å². The summed E-state index contributed by atoms with van der Waals surface area (Å²) in [6, 6.07) is 16.2. The highest BCUT2D eigenvalue weighted by Gasteiger charge is 2.33. The minimum absolute atomic E-state index is 0.0123. The van der Waals surface area contributed by atoms with E-state index < -0.39 is 4.92 Å². The summed E-state index contributed by atoms with van der Waals surface area (Å²) in [7, 11) is 0. The van der Waals surface area contributed by atoms with Crippen LogP contribution in [0.25, 0.3) is 17.4 Å². The molecule has 2 heterocycles. The van der Waals surface area contributed by atoms with Gasteiger partial charge in [-0.25, -0.2) is 0 Å². The van der Waals surface area contributed by atoms with Crippen molar-refractivity contribution in [2.45, 2.75) is 6.92 Å². The number of anilines is 1. The zero-order valence-corrected chi connectivity index (χ0v) is 17.7. The number of carbonyl (C=O) groups excluding carboxylic acids is 2. The van der Waals surface area contributed by atoms with Crippen LogP contribution >= 0.6 is 24.0 Å². The van der Waals surface area contributed by atoms with Crippen molar-refractivity contribution in [3.8, 4) is 11.3 Å². The van der Waals surface area contributed by atoms with Gasteiger partial charge in [-0.1, -0.05) is 48.2 Å². The normalized spacial score (nSPS) is 15.0. The summed E-state index contributed by atoms with van der Waals surface area (Å²) < 4.78 is 6.17. The third-order valence-corrected chi connectivity index (χ3v) is 5.89. The predicted octanol–water partition coefficient (Wildman–Crippen LogP) is 5.46. The van der Waals surface area contributed by atoms with E-state index in [1.807, 2.05) is 0 Å². The Morgan fingerprint density at radius 2 is 1.77 bits per heavy atom. The number of amides is 1. The molecule has 4 rings (SSSR count). The Hall–Kier alpha value is -3.56. The highest BCUT2D eigenvalue weighted by Crippen LogP contribution is 2.37. The molecule has 0 atom stereocenters. The molecule has 1 fully saturated rings. The molecule has 3 aromatic rings. The number of benzene rings is 2. The standard InChI is InChI=1S/C22H14N2O5S2/c1-13(25)14-2-4-15(5-3-14)19-11-10-18(29-19)12-20-21(26)23(22(30)31-20)16-6-8-17(9-7-16)24(27)28/h2-12H,1H3/b20-12-. The number of thioether (sulfide) groups is 1. The van der Waals surface area contributed by atoms with E-state index in [2.05, 4.69) is 0 Å². The van der Waals surface area contributed by atoms with Crippen molar-refractivity contribution in [3.05, 3.63) is 87.0 Å². The highest BCUT2D eigenvalue weighted by atomic mass is 32.2. The zero-order chi connectivity index (χ0) is 22.1. The molecule has 0 spiro atoms. The Balaban J connectivity index is 1.56. The van der Waals surface area contributed by atoms with Crippen LogP contribution in [0.5, 0.6) is 0 Å². The first-order valence-electron chi connectivity index (χ1n) is 9.07. The lowest BCUT2D eigenvalue weighted by Crippen LogP contribution is -2.27. The second-order valence-corrected chi connectivity index (χ2v) is 8.30. The molecule has 154 valence electrons. The number of furan rings is 1. The Bertz CT molecular complexity index is 1240. The third kappa shape index (κ3) is 4.18. The third-order valence-electron chi connectivity index (χ3n) is 4.59. The molecule has 31 heavy (non-hydrogen) atoms. The Morgan fingerprint density at radius 1 is 1.10 bits per heavy atom. The predicted molar refractivity (Wildman–Crippen MR) is 123 cm³/mol. The number of nitro groups is 1. The second-order valence-electron chi connectivity index (χ2n) is 6.63. The first kappa shape index (κ1) is 20.7. The smallest absolute Gasteiger partial charge is 0.270 e. The van der Waals surface area contributed by atoms with E-state index in [1.54, 1.807) is 42.5 Å². The summed E-state index contributed by atoms with van der Waals surface area (Å²) in [4.78, 5) is 36.3. The summed E-state index contributed by atoms with van der Waals surface area (Å²) in [6.07, 6.45) is 1.61. The van der Waals surface area contributed by atoms with Crippen LogP contribution in [0.2, 0.25) is 0 Å². The lowest BCUT2D eigenvalue weighted by Gasteiger charge is -2.13. The molecule has 0 radical (unpaired) electrons. The number of carbonyl (C=O) groups is 2. The minimum atomic E-state index is -0.504.